The van der Waals surface area contributed by atoms with Crippen molar-refractivity contribution in [2.24, 2.45) is 0 Å². The van der Waals surface area contributed by atoms with Gasteiger partial charge in [0.1, 0.15) is 0 Å². The van der Waals surface area contributed by atoms with Gasteiger partial charge in [0.15, 0.2) is 0 Å². The van der Waals surface area contributed by atoms with Crippen molar-refractivity contribution in [3.63, 3.8) is 0 Å². The molecule has 2 rings (SSSR count). The van der Waals surface area contributed by atoms with E-state index in [1.165, 1.54) is 0 Å². The maximum Gasteiger partial charge on any atom is 0.0992 e. The first-order valence-corrected chi connectivity index (χ1v) is 4.42. The molecule has 0 bridgehead atoms. The number of aromatic nitrogens is 3. The molecule has 4 heteroatoms. The summed E-state index contributed by atoms with van der Waals surface area (Å²) in [7, 11) is 0. The summed E-state index contributed by atoms with van der Waals surface area (Å²) in [6, 6.07) is 1.91. The quantitative estimate of drug-likeness (QED) is 0.684. The molecule has 0 aliphatic carbocycles. The Morgan fingerprint density at radius 3 is 2.92 bits per heavy atom. The van der Waals surface area contributed by atoms with Crippen molar-refractivity contribution in [1.82, 2.24) is 14.5 Å². The fraction of sp³-hybridized carbons (Fsp3) is 0.111. The van der Waals surface area contributed by atoms with E-state index in [0.717, 1.165) is 11.3 Å². The van der Waals surface area contributed by atoms with Gasteiger partial charge in [0.05, 0.1) is 18.2 Å². The molecule has 3 nitrogen and oxygen atoms in total. The topological polar surface area (TPSA) is 30.7 Å². The van der Waals surface area contributed by atoms with Crippen LogP contribution >= 0.6 is 11.6 Å². The van der Waals surface area contributed by atoms with Gasteiger partial charge in [-0.15, -0.1) is 11.6 Å². The minimum absolute atomic E-state index is 0.482. The molecule has 2 aromatic rings. The largest absolute Gasteiger partial charge is 0.304 e. The summed E-state index contributed by atoms with van der Waals surface area (Å²) in [5.74, 6) is 0.482. The molecule has 0 radical (unpaired) electrons. The highest BCUT2D eigenvalue weighted by Crippen LogP contribution is 2.14. The molecular weight excluding hydrogens is 186 g/mol. The normalized spacial score (nSPS) is 10.2. The molecule has 2 aromatic heterocycles. The fourth-order valence-electron chi connectivity index (χ4n) is 1.16. The number of alkyl halides is 1. The van der Waals surface area contributed by atoms with E-state index < -0.39 is 0 Å². The highest BCUT2D eigenvalue weighted by molar-refractivity contribution is 6.17. The third-order valence-electron chi connectivity index (χ3n) is 1.81. The Balaban J connectivity index is 2.51. The predicted octanol–water partition coefficient (Wildman–Crippen LogP) is 2.01. The highest BCUT2D eigenvalue weighted by atomic mass is 35.5. The van der Waals surface area contributed by atoms with Crippen molar-refractivity contribution in [2.45, 2.75) is 5.88 Å². The third kappa shape index (κ3) is 1.55. The van der Waals surface area contributed by atoms with Crippen LogP contribution in [0.1, 0.15) is 5.56 Å². The van der Waals surface area contributed by atoms with E-state index in [0.29, 0.717) is 5.88 Å². The summed E-state index contributed by atoms with van der Waals surface area (Å²) < 4.78 is 1.89. The van der Waals surface area contributed by atoms with Crippen LogP contribution in [0, 0.1) is 0 Å². The first-order valence-electron chi connectivity index (χ1n) is 3.89. The van der Waals surface area contributed by atoms with Crippen LogP contribution in [0.5, 0.6) is 0 Å². The van der Waals surface area contributed by atoms with Gasteiger partial charge < -0.3 is 4.57 Å². The molecule has 0 saturated carbocycles. The van der Waals surface area contributed by atoms with Gasteiger partial charge in [0.2, 0.25) is 0 Å². The summed E-state index contributed by atoms with van der Waals surface area (Å²) in [6.45, 7) is 0. The predicted molar refractivity (Wildman–Crippen MR) is 50.9 cm³/mol. The van der Waals surface area contributed by atoms with Crippen molar-refractivity contribution in [3.8, 4) is 5.69 Å². The molecule has 0 aliphatic rings. The first kappa shape index (κ1) is 8.26. The van der Waals surface area contributed by atoms with E-state index in [2.05, 4.69) is 9.97 Å². The molecule has 0 saturated heterocycles. The number of hydrogen-bond donors (Lipinski definition) is 0. The van der Waals surface area contributed by atoms with E-state index in [1.807, 2.05) is 16.8 Å². The van der Waals surface area contributed by atoms with E-state index in [1.54, 1.807) is 24.9 Å². The van der Waals surface area contributed by atoms with Crippen LogP contribution in [0.4, 0.5) is 0 Å². The van der Waals surface area contributed by atoms with Crippen LogP contribution in [-0.4, -0.2) is 14.5 Å². The fourth-order valence-corrected chi connectivity index (χ4v) is 1.39. The minimum atomic E-state index is 0.482. The molecule has 0 aliphatic heterocycles. The molecular formula is C9H8ClN3. The smallest absolute Gasteiger partial charge is 0.0992 e. The van der Waals surface area contributed by atoms with Crippen LogP contribution in [-0.2, 0) is 5.88 Å². The average Bonchev–Trinajstić information content (AvgIpc) is 2.70. The standard InChI is InChI=1S/C9H8ClN3/c10-5-8-1-2-11-6-9(8)13-4-3-12-7-13/h1-4,6-7H,5H2. The van der Waals surface area contributed by atoms with Crippen LogP contribution in [0.3, 0.4) is 0 Å². The second-order valence-corrected chi connectivity index (χ2v) is 2.88. The zero-order chi connectivity index (χ0) is 9.10. The summed E-state index contributed by atoms with van der Waals surface area (Å²) in [5, 5.41) is 0. The lowest BCUT2D eigenvalue weighted by atomic mass is 10.2. The van der Waals surface area contributed by atoms with E-state index in [9.17, 15) is 0 Å². The zero-order valence-corrected chi connectivity index (χ0v) is 7.65. The average molecular weight is 194 g/mol. The van der Waals surface area contributed by atoms with E-state index in [-0.39, 0.29) is 0 Å². The van der Waals surface area contributed by atoms with Gasteiger partial charge in [-0.2, -0.15) is 0 Å². The van der Waals surface area contributed by atoms with Gasteiger partial charge in [0.25, 0.3) is 0 Å². The van der Waals surface area contributed by atoms with Crippen molar-refractivity contribution in [3.05, 3.63) is 42.7 Å². The summed E-state index contributed by atoms with van der Waals surface area (Å²) in [4.78, 5) is 8.01. The maximum atomic E-state index is 5.79. The third-order valence-corrected chi connectivity index (χ3v) is 2.10. The van der Waals surface area contributed by atoms with Gasteiger partial charge >= 0.3 is 0 Å². The van der Waals surface area contributed by atoms with Crippen molar-refractivity contribution in [1.29, 1.82) is 0 Å². The van der Waals surface area contributed by atoms with Crippen molar-refractivity contribution in [2.75, 3.05) is 0 Å². The van der Waals surface area contributed by atoms with Crippen molar-refractivity contribution >= 4 is 11.6 Å². The highest BCUT2D eigenvalue weighted by Gasteiger charge is 2.01. The Bertz CT molecular complexity index is 384. The molecule has 66 valence electrons. The molecule has 0 atom stereocenters. The summed E-state index contributed by atoms with van der Waals surface area (Å²) >= 11 is 5.79. The Morgan fingerprint density at radius 1 is 1.31 bits per heavy atom. The monoisotopic (exact) mass is 193 g/mol. The summed E-state index contributed by atoms with van der Waals surface area (Å²) in [5.41, 5.74) is 2.03. The van der Waals surface area contributed by atoms with Crippen LogP contribution in [0.15, 0.2) is 37.2 Å². The second-order valence-electron chi connectivity index (χ2n) is 2.61. The lowest BCUT2D eigenvalue weighted by Gasteiger charge is -2.05. The first-order chi connectivity index (χ1) is 6.42. The lowest BCUT2D eigenvalue weighted by molar-refractivity contribution is 1.02. The maximum absolute atomic E-state index is 5.79. The summed E-state index contributed by atoms with van der Waals surface area (Å²) in [6.07, 6.45) is 8.84. The number of halogens is 1. The Labute approximate surface area is 81.0 Å². The Morgan fingerprint density at radius 2 is 2.23 bits per heavy atom. The molecule has 0 spiro atoms. The van der Waals surface area contributed by atoms with Crippen molar-refractivity contribution < 1.29 is 0 Å². The molecule has 0 N–H and O–H groups in total. The van der Waals surface area contributed by atoms with Gasteiger partial charge in [0, 0.05) is 24.5 Å². The number of rotatable bonds is 2. The van der Waals surface area contributed by atoms with Gasteiger partial charge in [-0.1, -0.05) is 0 Å². The second kappa shape index (κ2) is 3.58. The number of hydrogen-bond acceptors (Lipinski definition) is 2. The van der Waals surface area contributed by atoms with Crippen LogP contribution < -0.4 is 0 Å². The van der Waals surface area contributed by atoms with Gasteiger partial charge in [-0.05, 0) is 11.6 Å². The molecule has 2 heterocycles. The molecule has 0 fully saturated rings. The number of pyridine rings is 1. The van der Waals surface area contributed by atoms with Gasteiger partial charge in [-0.3, -0.25) is 4.98 Å². The van der Waals surface area contributed by atoms with E-state index in [4.69, 9.17) is 11.6 Å². The van der Waals surface area contributed by atoms with Crippen LogP contribution in [0.2, 0.25) is 0 Å². The minimum Gasteiger partial charge on any atom is -0.304 e. The number of nitrogens with zero attached hydrogens (tertiary/aromatic N) is 3. The van der Waals surface area contributed by atoms with Gasteiger partial charge in [-0.25, -0.2) is 4.98 Å². The molecule has 13 heavy (non-hydrogen) atoms. The molecule has 0 aromatic carbocycles. The Kier molecular flexibility index (Phi) is 2.27. The number of imidazole rings is 1. The Hall–Kier alpha value is -1.35. The van der Waals surface area contributed by atoms with Crippen LogP contribution in [0.25, 0.3) is 5.69 Å². The molecule has 0 amide bonds. The zero-order valence-electron chi connectivity index (χ0n) is 6.89. The lowest BCUT2D eigenvalue weighted by Crippen LogP contribution is -1.96. The van der Waals surface area contributed by atoms with E-state index >= 15 is 0 Å². The molecule has 0 unspecified atom stereocenters. The SMILES string of the molecule is ClCc1ccncc1-n1ccnc1.